The molecule has 0 spiro atoms. The largest absolute Gasteiger partial charge is 0.121 e. The molecule has 0 saturated heterocycles. The Morgan fingerprint density at radius 1 is 0.778 bits per heavy atom. The molecule has 0 fully saturated rings. The SMILES string of the molecule is ClCc1cc(-c2c(Cl)ccc(Cl)c2Cl)ccc1Cl. The van der Waals surface area contributed by atoms with Crippen molar-refractivity contribution in [3.8, 4) is 11.1 Å². The minimum Gasteiger partial charge on any atom is -0.121 e. The fourth-order valence-electron chi connectivity index (χ4n) is 1.62. The van der Waals surface area contributed by atoms with E-state index in [4.69, 9.17) is 58.0 Å². The Hall–Kier alpha value is -0.110. The Balaban J connectivity index is 2.65. The molecule has 94 valence electrons. The molecule has 0 unspecified atom stereocenters. The molecule has 0 N–H and O–H groups in total. The first-order valence-electron chi connectivity index (χ1n) is 5.03. The van der Waals surface area contributed by atoms with Gasteiger partial charge in [0.25, 0.3) is 0 Å². The fraction of sp³-hybridized carbons (Fsp3) is 0.0769. The molecule has 0 atom stereocenters. The van der Waals surface area contributed by atoms with Gasteiger partial charge in [0.2, 0.25) is 0 Å². The van der Waals surface area contributed by atoms with Gasteiger partial charge >= 0.3 is 0 Å². The fourth-order valence-corrected chi connectivity index (χ4v) is 2.84. The van der Waals surface area contributed by atoms with E-state index >= 15 is 0 Å². The lowest BCUT2D eigenvalue weighted by Crippen LogP contribution is -1.87. The highest BCUT2D eigenvalue weighted by Crippen LogP contribution is 2.40. The predicted molar refractivity (Wildman–Crippen MR) is 81.5 cm³/mol. The summed E-state index contributed by atoms with van der Waals surface area (Å²) in [4.78, 5) is 0. The standard InChI is InChI=1S/C13H7Cl5/c14-6-8-5-7(1-2-9(8)15)12-10(16)3-4-11(17)13(12)18/h1-5H,6H2. The lowest BCUT2D eigenvalue weighted by Gasteiger charge is -2.10. The third-order valence-corrected chi connectivity index (χ3v) is 4.30. The molecule has 0 amide bonds. The number of benzene rings is 2. The van der Waals surface area contributed by atoms with Crippen LogP contribution < -0.4 is 0 Å². The highest BCUT2D eigenvalue weighted by atomic mass is 35.5. The van der Waals surface area contributed by atoms with Crippen LogP contribution in [0.4, 0.5) is 0 Å². The molecule has 18 heavy (non-hydrogen) atoms. The molecule has 2 rings (SSSR count). The third kappa shape index (κ3) is 2.74. The summed E-state index contributed by atoms with van der Waals surface area (Å²) in [7, 11) is 0. The Morgan fingerprint density at radius 3 is 2.06 bits per heavy atom. The van der Waals surface area contributed by atoms with Crippen molar-refractivity contribution in [3.63, 3.8) is 0 Å². The summed E-state index contributed by atoms with van der Waals surface area (Å²) in [5.74, 6) is 0.322. The van der Waals surface area contributed by atoms with E-state index in [1.165, 1.54) is 0 Å². The van der Waals surface area contributed by atoms with E-state index in [2.05, 4.69) is 0 Å². The van der Waals surface area contributed by atoms with E-state index in [9.17, 15) is 0 Å². The Bertz CT molecular complexity index is 592. The molecule has 0 bridgehead atoms. The summed E-state index contributed by atoms with van der Waals surface area (Å²) in [5, 5.41) is 2.03. The first-order valence-corrected chi connectivity index (χ1v) is 7.07. The van der Waals surface area contributed by atoms with Crippen molar-refractivity contribution in [1.29, 1.82) is 0 Å². The van der Waals surface area contributed by atoms with E-state index in [-0.39, 0.29) is 0 Å². The second kappa shape index (κ2) is 5.90. The third-order valence-electron chi connectivity index (χ3n) is 2.52. The normalized spacial score (nSPS) is 10.7. The number of halogens is 5. The van der Waals surface area contributed by atoms with Gasteiger partial charge in [0.1, 0.15) is 0 Å². The minimum absolute atomic E-state index is 0.322. The van der Waals surface area contributed by atoms with E-state index in [1.54, 1.807) is 18.2 Å². The highest BCUT2D eigenvalue weighted by Gasteiger charge is 2.13. The summed E-state index contributed by atoms with van der Waals surface area (Å²) in [5.41, 5.74) is 2.35. The summed E-state index contributed by atoms with van der Waals surface area (Å²) >= 11 is 30.2. The Morgan fingerprint density at radius 2 is 1.39 bits per heavy atom. The maximum absolute atomic E-state index is 6.19. The number of rotatable bonds is 2. The van der Waals surface area contributed by atoms with Crippen LogP contribution in [0.15, 0.2) is 30.3 Å². The molecule has 0 radical (unpaired) electrons. The van der Waals surface area contributed by atoms with Crippen LogP contribution in [0.25, 0.3) is 11.1 Å². The van der Waals surface area contributed by atoms with Gasteiger partial charge in [-0.05, 0) is 35.4 Å². The molecule has 0 heterocycles. The molecular weight excluding hydrogens is 333 g/mol. The zero-order chi connectivity index (χ0) is 13.3. The quantitative estimate of drug-likeness (QED) is 0.421. The van der Waals surface area contributed by atoms with Gasteiger partial charge in [-0.1, -0.05) is 52.5 Å². The molecule has 0 aromatic heterocycles. The molecule has 0 aliphatic carbocycles. The smallest absolute Gasteiger partial charge is 0.0685 e. The van der Waals surface area contributed by atoms with Crippen LogP contribution in [0.5, 0.6) is 0 Å². The van der Waals surface area contributed by atoms with Gasteiger partial charge in [0, 0.05) is 21.5 Å². The van der Waals surface area contributed by atoms with Gasteiger partial charge in [-0.25, -0.2) is 0 Å². The van der Waals surface area contributed by atoms with Gasteiger partial charge < -0.3 is 0 Å². The van der Waals surface area contributed by atoms with Crippen molar-refractivity contribution in [3.05, 3.63) is 56.0 Å². The maximum atomic E-state index is 6.19. The first-order chi connectivity index (χ1) is 8.54. The van der Waals surface area contributed by atoms with E-state index < -0.39 is 0 Å². The van der Waals surface area contributed by atoms with E-state index in [0.717, 1.165) is 11.1 Å². The maximum Gasteiger partial charge on any atom is 0.0685 e. The van der Waals surface area contributed by atoms with Crippen LogP contribution in [0.3, 0.4) is 0 Å². The van der Waals surface area contributed by atoms with Crippen molar-refractivity contribution in [2.45, 2.75) is 5.88 Å². The summed E-state index contributed by atoms with van der Waals surface area (Å²) in [6.45, 7) is 0. The molecule has 0 aliphatic heterocycles. The monoisotopic (exact) mass is 338 g/mol. The lowest BCUT2D eigenvalue weighted by atomic mass is 10.0. The highest BCUT2D eigenvalue weighted by molar-refractivity contribution is 6.46. The first kappa shape index (κ1) is 14.3. The second-order valence-electron chi connectivity index (χ2n) is 3.66. The summed E-state index contributed by atoms with van der Waals surface area (Å²) in [6.07, 6.45) is 0. The molecular formula is C13H7Cl5. The summed E-state index contributed by atoms with van der Waals surface area (Å²) in [6, 6.07) is 8.83. The van der Waals surface area contributed by atoms with Crippen LogP contribution in [0.2, 0.25) is 20.1 Å². The molecule has 0 saturated carbocycles. The summed E-state index contributed by atoms with van der Waals surface area (Å²) < 4.78 is 0. The van der Waals surface area contributed by atoms with Gasteiger partial charge in [-0.2, -0.15) is 0 Å². The van der Waals surface area contributed by atoms with Crippen molar-refractivity contribution >= 4 is 58.0 Å². The Labute approximate surface area is 130 Å². The minimum atomic E-state index is 0.322. The molecule has 2 aromatic rings. The van der Waals surface area contributed by atoms with Crippen LogP contribution in [-0.4, -0.2) is 0 Å². The van der Waals surface area contributed by atoms with E-state index in [1.807, 2.05) is 12.1 Å². The topological polar surface area (TPSA) is 0 Å². The zero-order valence-electron chi connectivity index (χ0n) is 8.98. The van der Waals surface area contributed by atoms with Crippen LogP contribution in [0.1, 0.15) is 5.56 Å². The van der Waals surface area contributed by atoms with Crippen LogP contribution in [0, 0.1) is 0 Å². The predicted octanol–water partition coefficient (Wildman–Crippen LogP) is 6.71. The molecule has 2 aromatic carbocycles. The van der Waals surface area contributed by atoms with Gasteiger partial charge in [0.15, 0.2) is 0 Å². The molecule has 0 aliphatic rings. The number of hydrogen-bond donors (Lipinski definition) is 0. The van der Waals surface area contributed by atoms with Crippen LogP contribution >= 0.6 is 58.0 Å². The zero-order valence-corrected chi connectivity index (χ0v) is 12.8. The van der Waals surface area contributed by atoms with Crippen molar-refractivity contribution in [1.82, 2.24) is 0 Å². The van der Waals surface area contributed by atoms with Crippen molar-refractivity contribution in [2.24, 2.45) is 0 Å². The Kier molecular flexibility index (Phi) is 4.69. The lowest BCUT2D eigenvalue weighted by molar-refractivity contribution is 1.40. The molecule has 5 heteroatoms. The van der Waals surface area contributed by atoms with Crippen molar-refractivity contribution in [2.75, 3.05) is 0 Å². The van der Waals surface area contributed by atoms with Gasteiger partial charge in [0.05, 0.1) is 10.0 Å². The van der Waals surface area contributed by atoms with Crippen LogP contribution in [-0.2, 0) is 5.88 Å². The van der Waals surface area contributed by atoms with Gasteiger partial charge in [-0.3, -0.25) is 0 Å². The number of alkyl halides is 1. The van der Waals surface area contributed by atoms with E-state index in [0.29, 0.717) is 31.5 Å². The average Bonchev–Trinajstić information content (AvgIpc) is 2.36. The number of hydrogen-bond acceptors (Lipinski definition) is 0. The van der Waals surface area contributed by atoms with Gasteiger partial charge in [-0.15, -0.1) is 11.6 Å². The second-order valence-corrected chi connectivity index (χ2v) is 5.52. The van der Waals surface area contributed by atoms with Crippen molar-refractivity contribution < 1.29 is 0 Å². The average molecular weight is 340 g/mol. The molecule has 0 nitrogen and oxygen atoms in total.